The quantitative estimate of drug-likeness (QED) is 0.590. The molecule has 1 fully saturated rings. The predicted octanol–water partition coefficient (Wildman–Crippen LogP) is 4.31. The molecule has 0 saturated carbocycles. The van der Waals surface area contributed by atoms with Crippen molar-refractivity contribution in [3.63, 3.8) is 0 Å². The summed E-state index contributed by atoms with van der Waals surface area (Å²) >= 11 is 0. The summed E-state index contributed by atoms with van der Waals surface area (Å²) in [6.45, 7) is 3.04. The number of nitrogens with zero attached hydrogens (tertiary/aromatic N) is 1. The van der Waals surface area contributed by atoms with Gasteiger partial charge in [0.2, 0.25) is 0 Å². The largest absolute Gasteiger partial charge is 0.482 e. The van der Waals surface area contributed by atoms with E-state index in [0.29, 0.717) is 0 Å². The smallest absolute Gasteiger partial charge is 0.330 e. The Morgan fingerprint density at radius 2 is 1.96 bits per heavy atom. The van der Waals surface area contributed by atoms with Gasteiger partial charge in [-0.25, -0.2) is 4.79 Å². The van der Waals surface area contributed by atoms with Gasteiger partial charge in [0.05, 0.1) is 7.11 Å². The molecular formula is C24H25NO3. The second kappa shape index (κ2) is 8.03. The van der Waals surface area contributed by atoms with Crippen molar-refractivity contribution in [3.05, 3.63) is 77.4 Å². The molecule has 28 heavy (non-hydrogen) atoms. The highest BCUT2D eigenvalue weighted by Crippen LogP contribution is 2.37. The van der Waals surface area contributed by atoms with Crippen molar-refractivity contribution < 1.29 is 14.3 Å². The Morgan fingerprint density at radius 1 is 1.18 bits per heavy atom. The van der Waals surface area contributed by atoms with E-state index in [-0.39, 0.29) is 11.6 Å². The van der Waals surface area contributed by atoms with Crippen LogP contribution in [0.1, 0.15) is 29.5 Å². The summed E-state index contributed by atoms with van der Waals surface area (Å²) in [5, 5.41) is 0. The zero-order chi connectivity index (χ0) is 19.4. The molecule has 2 aromatic carbocycles. The number of methoxy groups -OCH3 is 1. The number of carbonyl (C=O) groups excluding carboxylic acids is 1. The Hall–Kier alpha value is -2.85. The van der Waals surface area contributed by atoms with Crippen molar-refractivity contribution in [2.75, 3.05) is 20.2 Å². The van der Waals surface area contributed by atoms with Crippen molar-refractivity contribution in [2.45, 2.75) is 25.0 Å². The minimum absolute atomic E-state index is 0.205. The molecule has 0 radical (unpaired) electrons. The summed E-state index contributed by atoms with van der Waals surface area (Å²) in [6, 6.07) is 16.6. The summed E-state index contributed by atoms with van der Waals surface area (Å²) in [5.41, 5.74) is 3.15. The minimum Gasteiger partial charge on any atom is -0.482 e. The van der Waals surface area contributed by atoms with Gasteiger partial charge in [-0.2, -0.15) is 0 Å². The van der Waals surface area contributed by atoms with Gasteiger partial charge in [0.25, 0.3) is 0 Å². The third-order valence-electron chi connectivity index (χ3n) is 5.48. The Kier molecular flexibility index (Phi) is 5.31. The molecule has 0 aromatic heterocycles. The Balaban J connectivity index is 1.40. The second-order valence-electron chi connectivity index (χ2n) is 7.42. The number of esters is 1. The first-order chi connectivity index (χ1) is 13.7. The molecule has 0 amide bonds. The highest BCUT2D eigenvalue weighted by molar-refractivity contribution is 5.87. The van der Waals surface area contributed by atoms with Crippen LogP contribution in [0, 0.1) is 0 Å². The lowest BCUT2D eigenvalue weighted by molar-refractivity contribution is -0.134. The van der Waals surface area contributed by atoms with E-state index in [9.17, 15) is 4.79 Å². The first kappa shape index (κ1) is 18.5. The van der Waals surface area contributed by atoms with Crippen molar-refractivity contribution in [1.29, 1.82) is 0 Å². The molecule has 2 aromatic rings. The fraction of sp³-hybridized carbons (Fsp3) is 0.292. The molecule has 0 aliphatic carbocycles. The van der Waals surface area contributed by atoms with Crippen LogP contribution >= 0.6 is 0 Å². The highest BCUT2D eigenvalue weighted by atomic mass is 16.5. The second-order valence-corrected chi connectivity index (χ2v) is 7.42. The Bertz CT molecular complexity index is 893. The van der Waals surface area contributed by atoms with Crippen molar-refractivity contribution in [2.24, 2.45) is 0 Å². The highest BCUT2D eigenvalue weighted by Gasteiger charge is 2.36. The van der Waals surface area contributed by atoms with Gasteiger partial charge < -0.3 is 9.47 Å². The van der Waals surface area contributed by atoms with Gasteiger partial charge in [0.15, 0.2) is 0 Å². The number of likely N-dealkylation sites (tertiary alicyclic amines) is 1. The number of hydrogen-bond donors (Lipinski definition) is 0. The molecular weight excluding hydrogens is 350 g/mol. The van der Waals surface area contributed by atoms with Crippen LogP contribution in [0.2, 0.25) is 0 Å². The van der Waals surface area contributed by atoms with Crippen LogP contribution in [0.3, 0.4) is 0 Å². The number of piperidine rings is 1. The van der Waals surface area contributed by atoms with E-state index >= 15 is 0 Å². The van der Waals surface area contributed by atoms with Crippen LogP contribution < -0.4 is 4.74 Å². The minimum atomic E-state index is -0.356. The number of fused-ring (bicyclic) bond motifs is 1. The maximum atomic E-state index is 11.3. The van der Waals surface area contributed by atoms with Crippen LogP contribution in [0.15, 0.2) is 60.7 Å². The van der Waals surface area contributed by atoms with Gasteiger partial charge in [-0.15, -0.1) is 0 Å². The molecule has 1 saturated heterocycles. The molecule has 0 bridgehead atoms. The average Bonchev–Trinajstić information content (AvgIpc) is 2.74. The van der Waals surface area contributed by atoms with E-state index in [1.165, 1.54) is 18.7 Å². The fourth-order valence-electron chi connectivity index (χ4n) is 3.82. The van der Waals surface area contributed by atoms with E-state index in [1.807, 2.05) is 18.2 Å². The predicted molar refractivity (Wildman–Crippen MR) is 111 cm³/mol. The van der Waals surface area contributed by atoms with E-state index in [0.717, 1.165) is 49.4 Å². The van der Waals surface area contributed by atoms with E-state index in [2.05, 4.69) is 52.1 Å². The number of rotatable bonds is 4. The van der Waals surface area contributed by atoms with Gasteiger partial charge in [-0.3, -0.25) is 4.90 Å². The normalized spacial score (nSPS) is 18.0. The van der Waals surface area contributed by atoms with Crippen LogP contribution in [-0.4, -0.2) is 36.7 Å². The Morgan fingerprint density at radius 3 is 2.71 bits per heavy atom. The lowest BCUT2D eigenvalue weighted by Gasteiger charge is -2.42. The zero-order valence-electron chi connectivity index (χ0n) is 16.1. The summed E-state index contributed by atoms with van der Waals surface area (Å²) in [4.78, 5) is 13.8. The fourth-order valence-corrected chi connectivity index (χ4v) is 3.82. The molecule has 0 N–H and O–H groups in total. The van der Waals surface area contributed by atoms with Crippen LogP contribution in [0.4, 0.5) is 0 Å². The van der Waals surface area contributed by atoms with Crippen LogP contribution in [-0.2, 0) is 16.1 Å². The summed E-state index contributed by atoms with van der Waals surface area (Å²) in [7, 11) is 1.38. The lowest BCUT2D eigenvalue weighted by atomic mass is 9.87. The maximum Gasteiger partial charge on any atom is 0.330 e. The summed E-state index contributed by atoms with van der Waals surface area (Å²) in [6.07, 6.45) is 9.52. The van der Waals surface area contributed by atoms with E-state index in [4.69, 9.17) is 4.74 Å². The van der Waals surface area contributed by atoms with Gasteiger partial charge in [-0.05, 0) is 35.4 Å². The first-order valence-corrected chi connectivity index (χ1v) is 9.70. The summed E-state index contributed by atoms with van der Waals surface area (Å²) < 4.78 is 11.1. The molecule has 2 heterocycles. The molecule has 2 aliphatic rings. The molecule has 1 spiro atoms. The van der Waals surface area contributed by atoms with Gasteiger partial charge in [0, 0.05) is 44.1 Å². The number of ether oxygens (including phenoxy) is 2. The standard InChI is InChI=1S/C24H25NO3/c1-27-23(26)10-8-19-7-9-22-21(17-19)11-12-24(28-22)13-15-25(16-14-24)18-20-5-3-2-4-6-20/h2-12,17H,13-16,18H2,1H3. The zero-order valence-corrected chi connectivity index (χ0v) is 16.1. The maximum absolute atomic E-state index is 11.3. The molecule has 2 aliphatic heterocycles. The third-order valence-corrected chi connectivity index (χ3v) is 5.48. The molecule has 0 atom stereocenters. The van der Waals surface area contributed by atoms with Crippen molar-refractivity contribution in [3.8, 4) is 5.75 Å². The van der Waals surface area contributed by atoms with Gasteiger partial charge in [-0.1, -0.05) is 42.5 Å². The van der Waals surface area contributed by atoms with Crippen molar-refractivity contribution >= 4 is 18.1 Å². The number of carbonyl (C=O) groups is 1. The van der Waals surface area contributed by atoms with Gasteiger partial charge in [0.1, 0.15) is 11.4 Å². The van der Waals surface area contributed by atoms with Crippen LogP contribution in [0.5, 0.6) is 5.75 Å². The molecule has 0 unspecified atom stereocenters. The van der Waals surface area contributed by atoms with E-state index in [1.54, 1.807) is 6.08 Å². The van der Waals surface area contributed by atoms with Crippen molar-refractivity contribution in [1.82, 2.24) is 4.90 Å². The number of benzene rings is 2. The van der Waals surface area contributed by atoms with Crippen LogP contribution in [0.25, 0.3) is 12.2 Å². The van der Waals surface area contributed by atoms with Gasteiger partial charge >= 0.3 is 5.97 Å². The summed E-state index contributed by atoms with van der Waals surface area (Å²) in [5.74, 6) is 0.556. The molecule has 4 rings (SSSR count). The molecule has 144 valence electrons. The van der Waals surface area contributed by atoms with E-state index < -0.39 is 0 Å². The average molecular weight is 375 g/mol. The third kappa shape index (κ3) is 4.18. The monoisotopic (exact) mass is 375 g/mol. The molecule has 4 heteroatoms. The first-order valence-electron chi connectivity index (χ1n) is 9.70. The lowest BCUT2D eigenvalue weighted by Crippen LogP contribution is -2.47. The number of hydrogen-bond acceptors (Lipinski definition) is 4. The topological polar surface area (TPSA) is 38.8 Å². The molecule has 4 nitrogen and oxygen atoms in total. The Labute approximate surface area is 166 Å². The SMILES string of the molecule is COC(=O)C=Cc1ccc2c(c1)C=CC1(CCN(Cc3ccccc3)CC1)O2.